The van der Waals surface area contributed by atoms with E-state index in [1.807, 2.05) is 0 Å². The van der Waals surface area contributed by atoms with Crippen molar-refractivity contribution in [3.05, 3.63) is 69.9 Å². The number of hydrogen-bond donors (Lipinski definition) is 3. The predicted octanol–water partition coefficient (Wildman–Crippen LogP) is 3.17. The minimum Gasteiger partial charge on any atom is -0.483 e. The van der Waals surface area contributed by atoms with E-state index < -0.39 is 23.9 Å². The third kappa shape index (κ3) is 8.42. The smallest absolute Gasteiger partial charge is 0.344 e. The Hall–Kier alpha value is -4.16. The first-order valence-corrected chi connectivity index (χ1v) is 13.1. The Morgan fingerprint density at radius 3 is 2.52 bits per heavy atom. The molecule has 13 heteroatoms. The molecule has 0 bridgehead atoms. The molecule has 0 aromatic heterocycles. The molecule has 0 saturated heterocycles. The lowest BCUT2D eigenvalue weighted by molar-refractivity contribution is -0.145. The van der Waals surface area contributed by atoms with Crippen molar-refractivity contribution in [3.8, 4) is 11.5 Å². The van der Waals surface area contributed by atoms with Crippen molar-refractivity contribution < 1.29 is 33.3 Å². The average Bonchev–Trinajstić information content (AvgIpc) is 2.91. The molecule has 11 nitrogen and oxygen atoms in total. The van der Waals surface area contributed by atoms with Crippen LogP contribution in [0.4, 0.5) is 0 Å². The largest absolute Gasteiger partial charge is 0.483 e. The monoisotopic (exact) mass is 588 g/mol. The fourth-order valence-electron chi connectivity index (χ4n) is 3.70. The second kappa shape index (κ2) is 14.8. The Bertz CT molecular complexity index is 1330. The molecule has 212 valence electrons. The fourth-order valence-corrected chi connectivity index (χ4v) is 4.15. The minimum absolute atomic E-state index is 0.208. The molecule has 0 radical (unpaired) electrons. The summed E-state index contributed by atoms with van der Waals surface area (Å²) in [7, 11) is 0. The summed E-state index contributed by atoms with van der Waals surface area (Å²) in [5.41, 5.74) is 4.31. The number of benzene rings is 2. The number of thiocarbonyl (C=S) groups is 1. The highest BCUT2D eigenvalue weighted by molar-refractivity contribution is 7.80. The number of para-hydroxylation sites is 1. The van der Waals surface area contributed by atoms with Crippen LogP contribution in [0.2, 0.25) is 5.02 Å². The number of amides is 1. The normalized spacial score (nSPS) is 14.7. The lowest BCUT2D eigenvalue weighted by Crippen LogP contribution is -2.45. The summed E-state index contributed by atoms with van der Waals surface area (Å²) in [5.74, 6) is -0.876. The van der Waals surface area contributed by atoms with Gasteiger partial charge in [0, 0.05) is 21.8 Å². The van der Waals surface area contributed by atoms with Gasteiger partial charge >= 0.3 is 11.9 Å². The Morgan fingerprint density at radius 1 is 1.05 bits per heavy atom. The van der Waals surface area contributed by atoms with Gasteiger partial charge in [0.2, 0.25) is 0 Å². The first kappa shape index (κ1) is 30.4. The van der Waals surface area contributed by atoms with Gasteiger partial charge in [0.1, 0.15) is 11.5 Å². The van der Waals surface area contributed by atoms with E-state index in [4.69, 9.17) is 42.8 Å². The van der Waals surface area contributed by atoms with Crippen LogP contribution in [0.25, 0.3) is 0 Å². The van der Waals surface area contributed by atoms with Gasteiger partial charge in [-0.2, -0.15) is 5.10 Å². The van der Waals surface area contributed by atoms with E-state index in [0.717, 1.165) is 0 Å². The van der Waals surface area contributed by atoms with Crippen LogP contribution in [-0.2, 0) is 23.9 Å². The number of nitrogens with zero attached hydrogens (tertiary/aromatic N) is 1. The number of carbonyl (C=O) groups is 3. The van der Waals surface area contributed by atoms with Crippen molar-refractivity contribution in [3.63, 3.8) is 0 Å². The van der Waals surface area contributed by atoms with Gasteiger partial charge in [-0.05, 0) is 57.3 Å². The molecule has 1 amide bonds. The van der Waals surface area contributed by atoms with Gasteiger partial charge < -0.3 is 29.6 Å². The molecule has 40 heavy (non-hydrogen) atoms. The Balaban J connectivity index is 1.68. The molecule has 2 aromatic carbocycles. The summed E-state index contributed by atoms with van der Waals surface area (Å²) in [4.78, 5) is 36.8. The van der Waals surface area contributed by atoms with E-state index in [9.17, 15) is 14.4 Å². The number of rotatable bonds is 12. The molecule has 3 rings (SSSR count). The molecule has 0 aliphatic carbocycles. The third-order valence-corrected chi connectivity index (χ3v) is 5.82. The number of halogens is 1. The maximum Gasteiger partial charge on any atom is 0.344 e. The van der Waals surface area contributed by atoms with Gasteiger partial charge in [-0.25, -0.2) is 15.0 Å². The quantitative estimate of drug-likeness (QED) is 0.147. The maximum atomic E-state index is 12.7. The number of carbonyl (C=O) groups excluding carboxylic acids is 3. The molecule has 2 aromatic rings. The van der Waals surface area contributed by atoms with Crippen molar-refractivity contribution in [1.82, 2.24) is 16.1 Å². The molecule has 3 N–H and O–H groups in total. The number of ether oxygens (including phenoxy) is 4. The van der Waals surface area contributed by atoms with Crippen molar-refractivity contribution >= 4 is 53.0 Å². The molecule has 1 heterocycles. The number of esters is 2. The van der Waals surface area contributed by atoms with Gasteiger partial charge in [-0.15, -0.1) is 0 Å². The summed E-state index contributed by atoms with van der Waals surface area (Å²) in [6, 6.07) is 11.0. The number of hydrogen-bond acceptors (Lipinski definition) is 9. The van der Waals surface area contributed by atoms with Crippen LogP contribution in [-0.4, -0.2) is 55.6 Å². The Labute approximate surface area is 241 Å². The van der Waals surface area contributed by atoms with Crippen molar-refractivity contribution in [2.45, 2.75) is 26.8 Å². The fraction of sp³-hybridized carbons (Fsp3) is 0.296. The van der Waals surface area contributed by atoms with Gasteiger partial charge in [0.25, 0.3) is 5.91 Å². The molecular weight excluding hydrogens is 560 g/mol. The van der Waals surface area contributed by atoms with Crippen LogP contribution in [0.5, 0.6) is 11.5 Å². The predicted molar refractivity (Wildman–Crippen MR) is 152 cm³/mol. The van der Waals surface area contributed by atoms with E-state index in [-0.39, 0.29) is 26.4 Å². The summed E-state index contributed by atoms with van der Waals surface area (Å²) in [6.07, 6.45) is 1.33. The first-order valence-electron chi connectivity index (χ1n) is 12.3. The number of hydrazone groups is 1. The van der Waals surface area contributed by atoms with Crippen LogP contribution in [0, 0.1) is 0 Å². The maximum absolute atomic E-state index is 12.7. The summed E-state index contributed by atoms with van der Waals surface area (Å²) in [5, 5.41) is 10.7. The van der Waals surface area contributed by atoms with Crippen LogP contribution in [0.3, 0.4) is 0 Å². The van der Waals surface area contributed by atoms with Crippen LogP contribution < -0.4 is 25.5 Å². The van der Waals surface area contributed by atoms with E-state index in [1.54, 1.807) is 63.2 Å². The summed E-state index contributed by atoms with van der Waals surface area (Å²) in [6.45, 7) is 4.93. The highest BCUT2D eigenvalue weighted by atomic mass is 35.5. The zero-order valence-corrected chi connectivity index (χ0v) is 23.7. The second-order valence-electron chi connectivity index (χ2n) is 8.19. The zero-order chi connectivity index (χ0) is 29.1. The van der Waals surface area contributed by atoms with Crippen LogP contribution >= 0.6 is 23.8 Å². The minimum atomic E-state index is -0.652. The molecule has 1 atom stereocenters. The lowest BCUT2D eigenvalue weighted by Gasteiger charge is -2.30. The van der Waals surface area contributed by atoms with Gasteiger partial charge in [0.15, 0.2) is 18.3 Å². The Morgan fingerprint density at radius 2 is 1.77 bits per heavy atom. The average molecular weight is 589 g/mol. The topological polar surface area (TPSA) is 137 Å². The molecular formula is C27H29ClN4O7S. The molecule has 0 spiro atoms. The van der Waals surface area contributed by atoms with Gasteiger partial charge in [-0.3, -0.25) is 4.79 Å². The second-order valence-corrected chi connectivity index (χ2v) is 9.03. The van der Waals surface area contributed by atoms with Gasteiger partial charge in [-0.1, -0.05) is 29.8 Å². The highest BCUT2D eigenvalue weighted by Gasteiger charge is 2.32. The SMILES string of the molecule is CCOC(=O)COc1ccc(Cl)cc1C=NNC(=O)COc1ccccc1[C@H]1NC(=S)NC(C)=C1C(=O)OCC. The van der Waals surface area contributed by atoms with Crippen molar-refractivity contribution in [2.75, 3.05) is 26.4 Å². The van der Waals surface area contributed by atoms with E-state index >= 15 is 0 Å². The van der Waals surface area contributed by atoms with Crippen LogP contribution in [0.1, 0.15) is 37.9 Å². The van der Waals surface area contributed by atoms with Crippen molar-refractivity contribution in [2.24, 2.45) is 5.10 Å². The first-order chi connectivity index (χ1) is 19.2. The summed E-state index contributed by atoms with van der Waals surface area (Å²) < 4.78 is 21.3. The molecule has 1 aliphatic heterocycles. The van der Waals surface area contributed by atoms with E-state index in [0.29, 0.717) is 44.0 Å². The zero-order valence-electron chi connectivity index (χ0n) is 22.1. The van der Waals surface area contributed by atoms with E-state index in [2.05, 4.69) is 21.2 Å². The van der Waals surface area contributed by atoms with E-state index in [1.165, 1.54) is 6.21 Å². The third-order valence-electron chi connectivity index (χ3n) is 5.37. The molecule has 0 fully saturated rings. The molecule has 0 unspecified atom stereocenters. The van der Waals surface area contributed by atoms with Crippen molar-refractivity contribution in [1.29, 1.82) is 0 Å². The molecule has 0 saturated carbocycles. The van der Waals surface area contributed by atoms with Gasteiger partial charge in [0.05, 0.1) is 31.0 Å². The number of allylic oxidation sites excluding steroid dienone is 1. The Kier molecular flexibility index (Phi) is 11.3. The highest BCUT2D eigenvalue weighted by Crippen LogP contribution is 2.33. The lowest BCUT2D eigenvalue weighted by atomic mass is 9.95. The molecule has 1 aliphatic rings. The number of nitrogens with one attached hydrogen (secondary N) is 3. The summed E-state index contributed by atoms with van der Waals surface area (Å²) >= 11 is 11.4. The standard InChI is InChI=1S/C27H29ClN4O7S/c1-4-36-23(34)15-39-20-11-10-18(28)12-17(20)13-29-32-22(33)14-38-21-9-7-6-8-19(21)25-24(26(35)37-5-2)16(3)30-27(40)31-25/h6-13,25H,4-5,14-15H2,1-3H3,(H,32,33)(H2,30,31,40)/t25-/m1/s1. The van der Waals surface area contributed by atoms with Crippen LogP contribution in [0.15, 0.2) is 58.8 Å².